The van der Waals surface area contributed by atoms with Crippen LogP contribution in [0.5, 0.6) is 0 Å². The molecule has 0 fully saturated rings. The van der Waals surface area contributed by atoms with Crippen molar-refractivity contribution in [3.05, 3.63) is 69.8 Å². The maximum absolute atomic E-state index is 14.3. The van der Waals surface area contributed by atoms with Crippen molar-refractivity contribution in [1.29, 1.82) is 0 Å². The first kappa shape index (κ1) is 14.7. The van der Waals surface area contributed by atoms with Gasteiger partial charge in [0.05, 0.1) is 6.04 Å². The van der Waals surface area contributed by atoms with E-state index in [4.69, 9.17) is 0 Å². The van der Waals surface area contributed by atoms with Crippen molar-refractivity contribution in [2.24, 2.45) is 0 Å². The topological polar surface area (TPSA) is 12.0 Å². The second kappa shape index (κ2) is 5.71. The molecule has 1 atom stereocenters. The first-order valence-electron chi connectivity index (χ1n) is 6.64. The molecule has 0 radical (unpaired) electrons. The van der Waals surface area contributed by atoms with Gasteiger partial charge in [0.2, 0.25) is 0 Å². The zero-order valence-electron chi connectivity index (χ0n) is 12.2. The summed E-state index contributed by atoms with van der Waals surface area (Å²) in [6, 6.07) is 7.81. The lowest BCUT2D eigenvalue weighted by molar-refractivity contribution is 0.569. The van der Waals surface area contributed by atoms with Crippen LogP contribution in [0.4, 0.5) is 8.78 Å². The molecule has 0 amide bonds. The zero-order valence-corrected chi connectivity index (χ0v) is 12.2. The first-order chi connectivity index (χ1) is 9.43. The van der Waals surface area contributed by atoms with Crippen LogP contribution in [-0.4, -0.2) is 7.05 Å². The predicted molar refractivity (Wildman–Crippen MR) is 77.9 cm³/mol. The molecule has 0 bridgehead atoms. The van der Waals surface area contributed by atoms with Gasteiger partial charge in [-0.3, -0.25) is 0 Å². The minimum Gasteiger partial charge on any atom is -0.309 e. The van der Waals surface area contributed by atoms with Gasteiger partial charge >= 0.3 is 0 Å². The predicted octanol–water partition coefficient (Wildman–Crippen LogP) is 4.20. The van der Waals surface area contributed by atoms with Gasteiger partial charge in [-0.1, -0.05) is 12.1 Å². The summed E-state index contributed by atoms with van der Waals surface area (Å²) in [7, 11) is 1.78. The molecule has 0 aliphatic rings. The minimum atomic E-state index is -0.281. The van der Waals surface area contributed by atoms with Gasteiger partial charge in [-0.25, -0.2) is 8.78 Å². The molecular weight excluding hydrogens is 256 g/mol. The highest BCUT2D eigenvalue weighted by atomic mass is 19.1. The number of hydrogen-bond acceptors (Lipinski definition) is 1. The molecular formula is C17H19F2N. The summed E-state index contributed by atoms with van der Waals surface area (Å²) in [5.74, 6) is -0.507. The van der Waals surface area contributed by atoms with Crippen molar-refractivity contribution in [3.8, 4) is 0 Å². The van der Waals surface area contributed by atoms with Gasteiger partial charge in [-0.2, -0.15) is 0 Å². The van der Waals surface area contributed by atoms with Gasteiger partial charge < -0.3 is 5.32 Å². The van der Waals surface area contributed by atoms with E-state index in [0.29, 0.717) is 5.56 Å². The molecule has 0 aliphatic heterocycles. The van der Waals surface area contributed by atoms with Crippen molar-refractivity contribution in [2.75, 3.05) is 7.05 Å². The van der Waals surface area contributed by atoms with Crippen LogP contribution in [0.2, 0.25) is 0 Å². The average Bonchev–Trinajstić information content (AvgIpc) is 2.34. The second-order valence-corrected chi connectivity index (χ2v) is 5.20. The molecule has 0 aromatic heterocycles. The van der Waals surface area contributed by atoms with Gasteiger partial charge in [0.25, 0.3) is 0 Å². The maximum atomic E-state index is 14.3. The molecule has 106 valence electrons. The summed E-state index contributed by atoms with van der Waals surface area (Å²) in [6.45, 7) is 5.61. The Kier molecular flexibility index (Phi) is 4.19. The fourth-order valence-corrected chi connectivity index (χ4v) is 2.71. The van der Waals surface area contributed by atoms with Crippen LogP contribution in [0.25, 0.3) is 0 Å². The van der Waals surface area contributed by atoms with Gasteiger partial charge in [0, 0.05) is 5.56 Å². The Bertz CT molecular complexity index is 612. The second-order valence-electron chi connectivity index (χ2n) is 5.20. The Balaban J connectivity index is 2.58. The van der Waals surface area contributed by atoms with Crippen LogP contribution in [0.3, 0.4) is 0 Å². The van der Waals surface area contributed by atoms with Crippen LogP contribution in [0.1, 0.15) is 33.9 Å². The van der Waals surface area contributed by atoms with Crippen LogP contribution >= 0.6 is 0 Å². The Morgan fingerprint density at radius 3 is 2.20 bits per heavy atom. The van der Waals surface area contributed by atoms with Gasteiger partial charge in [-0.15, -0.1) is 0 Å². The quantitative estimate of drug-likeness (QED) is 0.885. The molecule has 20 heavy (non-hydrogen) atoms. The van der Waals surface area contributed by atoms with E-state index in [2.05, 4.69) is 5.32 Å². The van der Waals surface area contributed by atoms with Crippen LogP contribution < -0.4 is 5.32 Å². The summed E-state index contributed by atoms with van der Waals surface area (Å²) >= 11 is 0. The Hall–Kier alpha value is -1.74. The number of halogens is 2. The molecule has 1 unspecified atom stereocenters. The normalized spacial score (nSPS) is 12.5. The van der Waals surface area contributed by atoms with Gasteiger partial charge in [-0.05, 0) is 68.3 Å². The smallest absolute Gasteiger partial charge is 0.128 e. The summed E-state index contributed by atoms with van der Waals surface area (Å²) < 4.78 is 27.6. The zero-order chi connectivity index (χ0) is 14.9. The lowest BCUT2D eigenvalue weighted by Gasteiger charge is -2.22. The van der Waals surface area contributed by atoms with Crippen molar-refractivity contribution in [3.63, 3.8) is 0 Å². The first-order valence-corrected chi connectivity index (χ1v) is 6.64. The Morgan fingerprint density at radius 1 is 0.950 bits per heavy atom. The van der Waals surface area contributed by atoms with Crippen molar-refractivity contribution in [1.82, 2.24) is 5.32 Å². The van der Waals surface area contributed by atoms with Gasteiger partial charge in [0.15, 0.2) is 0 Å². The molecule has 0 saturated heterocycles. The third kappa shape index (κ3) is 2.73. The number of benzene rings is 2. The maximum Gasteiger partial charge on any atom is 0.128 e. The third-order valence-corrected chi connectivity index (χ3v) is 3.60. The lowest BCUT2D eigenvalue weighted by Crippen LogP contribution is -2.21. The Morgan fingerprint density at radius 2 is 1.65 bits per heavy atom. The van der Waals surface area contributed by atoms with Crippen molar-refractivity contribution in [2.45, 2.75) is 26.8 Å². The molecule has 0 heterocycles. The SMILES string of the molecule is CNC(c1ccc(F)cc1C)c1c(C)cc(C)cc1F. The largest absolute Gasteiger partial charge is 0.309 e. The van der Waals surface area contributed by atoms with E-state index in [1.165, 1.54) is 18.2 Å². The van der Waals surface area contributed by atoms with E-state index in [0.717, 1.165) is 22.3 Å². The molecule has 2 aromatic carbocycles. The van der Waals surface area contributed by atoms with E-state index >= 15 is 0 Å². The summed E-state index contributed by atoms with van der Waals surface area (Å²) in [6.07, 6.45) is 0. The van der Waals surface area contributed by atoms with E-state index in [9.17, 15) is 8.78 Å². The Labute approximate surface area is 118 Å². The minimum absolute atomic E-state index is 0.231. The molecule has 2 aromatic rings. The average molecular weight is 275 g/mol. The van der Waals surface area contributed by atoms with Crippen molar-refractivity contribution < 1.29 is 8.78 Å². The molecule has 0 saturated carbocycles. The number of aryl methyl sites for hydroxylation is 3. The van der Waals surface area contributed by atoms with E-state index in [-0.39, 0.29) is 17.7 Å². The number of hydrogen-bond donors (Lipinski definition) is 1. The van der Waals surface area contributed by atoms with Gasteiger partial charge in [0.1, 0.15) is 11.6 Å². The summed E-state index contributed by atoms with van der Waals surface area (Å²) in [4.78, 5) is 0. The standard InChI is InChI=1S/C17H19F2N/c1-10-7-12(3)16(15(19)8-10)17(20-4)14-6-5-13(18)9-11(14)2/h5-9,17,20H,1-4H3. The molecule has 3 heteroatoms. The number of nitrogens with one attached hydrogen (secondary N) is 1. The molecule has 0 spiro atoms. The van der Waals surface area contributed by atoms with Crippen LogP contribution in [-0.2, 0) is 0 Å². The van der Waals surface area contributed by atoms with E-state index in [1.54, 1.807) is 13.1 Å². The highest BCUT2D eigenvalue weighted by molar-refractivity contribution is 5.42. The summed E-state index contributed by atoms with van der Waals surface area (Å²) in [5, 5.41) is 3.13. The van der Waals surface area contributed by atoms with Crippen LogP contribution in [0.15, 0.2) is 30.3 Å². The third-order valence-electron chi connectivity index (χ3n) is 3.60. The summed E-state index contributed by atoms with van der Waals surface area (Å²) in [5.41, 5.74) is 4.11. The van der Waals surface area contributed by atoms with Crippen LogP contribution in [0, 0.1) is 32.4 Å². The molecule has 1 N–H and O–H groups in total. The van der Waals surface area contributed by atoms with Crippen molar-refractivity contribution >= 4 is 0 Å². The monoisotopic (exact) mass is 275 g/mol. The lowest BCUT2D eigenvalue weighted by atomic mass is 9.91. The molecule has 1 nitrogen and oxygen atoms in total. The fourth-order valence-electron chi connectivity index (χ4n) is 2.71. The van der Waals surface area contributed by atoms with E-state index < -0.39 is 0 Å². The van der Waals surface area contributed by atoms with E-state index in [1.807, 2.05) is 26.8 Å². The fraction of sp³-hybridized carbons (Fsp3) is 0.294. The molecule has 0 aliphatic carbocycles. The molecule has 2 rings (SSSR count). The highest BCUT2D eigenvalue weighted by Crippen LogP contribution is 2.30. The highest BCUT2D eigenvalue weighted by Gasteiger charge is 2.20. The number of rotatable bonds is 3.